The first kappa shape index (κ1) is 23.1. The number of likely N-dealkylation sites (tertiary alicyclic amines) is 1. The van der Waals surface area contributed by atoms with Gasteiger partial charge < -0.3 is 20.4 Å². The van der Waals surface area contributed by atoms with E-state index in [0.717, 1.165) is 11.1 Å². The van der Waals surface area contributed by atoms with Crippen molar-refractivity contribution < 1.29 is 33.0 Å². The molecule has 30 heavy (non-hydrogen) atoms. The maximum atomic E-state index is 12.4. The average molecular weight is 425 g/mol. The van der Waals surface area contributed by atoms with Crippen LogP contribution in [0.1, 0.15) is 17.5 Å². The van der Waals surface area contributed by atoms with Gasteiger partial charge in [-0.15, -0.1) is 0 Å². The van der Waals surface area contributed by atoms with Crippen LogP contribution in [-0.2, 0) is 17.8 Å². The van der Waals surface area contributed by atoms with Gasteiger partial charge in [-0.2, -0.15) is 13.2 Å². The second-order valence-corrected chi connectivity index (χ2v) is 6.63. The number of aliphatic hydroxyl groups is 1. The number of amides is 2. The molecule has 0 bridgehead atoms. The third kappa shape index (κ3) is 7.03. The highest BCUT2D eigenvalue weighted by atomic mass is 19.4. The molecule has 2 atom stereocenters. The van der Waals surface area contributed by atoms with Crippen LogP contribution in [0.15, 0.2) is 54.9 Å². The fraction of sp³-hybridized carbons (Fsp3) is 0.350. The average Bonchev–Trinajstić information content (AvgIpc) is 3.08. The number of alkyl halides is 3. The molecule has 1 aromatic heterocycles. The van der Waals surface area contributed by atoms with Crippen molar-refractivity contribution in [2.75, 3.05) is 6.54 Å². The van der Waals surface area contributed by atoms with E-state index in [1.54, 1.807) is 17.3 Å². The topological polar surface area (TPSA) is 103 Å². The molecular weight excluding hydrogens is 403 g/mol. The molecule has 1 saturated heterocycles. The van der Waals surface area contributed by atoms with E-state index in [0.29, 0.717) is 25.9 Å². The number of benzene rings is 1. The Morgan fingerprint density at radius 3 is 2.33 bits per heavy atom. The van der Waals surface area contributed by atoms with E-state index >= 15 is 0 Å². The van der Waals surface area contributed by atoms with Gasteiger partial charge in [-0.3, -0.25) is 4.98 Å². The van der Waals surface area contributed by atoms with Gasteiger partial charge in [0.25, 0.3) is 0 Å². The van der Waals surface area contributed by atoms with Crippen LogP contribution in [0.25, 0.3) is 0 Å². The van der Waals surface area contributed by atoms with Gasteiger partial charge >= 0.3 is 18.2 Å². The standard InChI is InChI=1S/C18H21N3O2.C2HF3O2/c22-17-8-10-21(16(17)11-14-5-2-1-3-6-14)18(23)20-13-15-7-4-9-19-12-15;3-2(4,5)1(6)7/h1-7,9,12,16-17,22H,8,10-11,13H2,(H,20,23);(H,6,7)/t16-,17-;/m0./s1. The number of carboxylic acids is 1. The molecule has 1 fully saturated rings. The Hall–Kier alpha value is -3.14. The quantitative estimate of drug-likeness (QED) is 0.699. The molecular formula is C20H22F3N3O4. The van der Waals surface area contributed by atoms with Crippen molar-refractivity contribution >= 4 is 12.0 Å². The fourth-order valence-electron chi connectivity index (χ4n) is 2.97. The molecule has 1 aliphatic heterocycles. The second kappa shape index (κ2) is 10.6. The van der Waals surface area contributed by atoms with Crippen LogP contribution in [0.3, 0.4) is 0 Å². The Morgan fingerprint density at radius 2 is 1.77 bits per heavy atom. The predicted octanol–water partition coefficient (Wildman–Crippen LogP) is 2.60. The smallest absolute Gasteiger partial charge is 0.475 e. The number of pyridine rings is 1. The van der Waals surface area contributed by atoms with Gasteiger partial charge in [0.1, 0.15) is 0 Å². The normalized spacial score (nSPS) is 18.3. The van der Waals surface area contributed by atoms with E-state index in [9.17, 15) is 23.1 Å². The predicted molar refractivity (Wildman–Crippen MR) is 101 cm³/mol. The molecule has 0 spiro atoms. The van der Waals surface area contributed by atoms with Crippen molar-refractivity contribution in [3.8, 4) is 0 Å². The number of carbonyl (C=O) groups excluding carboxylic acids is 1. The number of aliphatic hydroxyl groups excluding tert-OH is 1. The molecule has 7 nitrogen and oxygen atoms in total. The molecule has 2 heterocycles. The zero-order valence-electron chi connectivity index (χ0n) is 15.9. The lowest BCUT2D eigenvalue weighted by Gasteiger charge is -2.26. The first-order valence-corrected chi connectivity index (χ1v) is 9.14. The molecule has 1 aromatic carbocycles. The molecule has 0 aliphatic carbocycles. The van der Waals surface area contributed by atoms with Crippen LogP contribution in [0, 0.1) is 0 Å². The summed E-state index contributed by atoms with van der Waals surface area (Å²) in [5.41, 5.74) is 2.09. The Labute approximate surface area is 171 Å². The van der Waals surface area contributed by atoms with Gasteiger partial charge in [-0.1, -0.05) is 36.4 Å². The first-order chi connectivity index (χ1) is 14.2. The Morgan fingerprint density at radius 1 is 1.13 bits per heavy atom. The summed E-state index contributed by atoms with van der Waals surface area (Å²) < 4.78 is 31.7. The van der Waals surface area contributed by atoms with E-state index < -0.39 is 18.2 Å². The van der Waals surface area contributed by atoms with Crippen LogP contribution in [0.4, 0.5) is 18.0 Å². The molecule has 0 radical (unpaired) electrons. The highest BCUT2D eigenvalue weighted by Gasteiger charge is 2.38. The molecule has 1 aliphatic rings. The van der Waals surface area contributed by atoms with Crippen LogP contribution >= 0.6 is 0 Å². The zero-order chi connectivity index (χ0) is 22.1. The number of aromatic nitrogens is 1. The van der Waals surface area contributed by atoms with Gasteiger partial charge in [0.2, 0.25) is 0 Å². The van der Waals surface area contributed by atoms with Crippen LogP contribution < -0.4 is 5.32 Å². The third-order valence-corrected chi connectivity index (χ3v) is 4.47. The number of nitrogens with zero attached hydrogens (tertiary/aromatic N) is 2. The SMILES string of the molecule is O=C(NCc1cccnc1)N1CC[C@H](O)[C@@H]1Cc1ccccc1.O=C(O)C(F)(F)F. The fourth-order valence-corrected chi connectivity index (χ4v) is 2.97. The number of aliphatic carboxylic acids is 1. The molecule has 2 aromatic rings. The van der Waals surface area contributed by atoms with Crippen LogP contribution in [0.5, 0.6) is 0 Å². The van der Waals surface area contributed by atoms with Crippen molar-refractivity contribution in [2.45, 2.75) is 37.7 Å². The van der Waals surface area contributed by atoms with E-state index in [-0.39, 0.29) is 12.1 Å². The number of carbonyl (C=O) groups is 2. The summed E-state index contributed by atoms with van der Waals surface area (Å²) >= 11 is 0. The van der Waals surface area contributed by atoms with Crippen molar-refractivity contribution in [3.05, 3.63) is 66.0 Å². The van der Waals surface area contributed by atoms with E-state index in [1.807, 2.05) is 42.5 Å². The Balaban J connectivity index is 0.000000396. The first-order valence-electron chi connectivity index (χ1n) is 9.14. The van der Waals surface area contributed by atoms with Gasteiger partial charge in [0.05, 0.1) is 12.1 Å². The summed E-state index contributed by atoms with van der Waals surface area (Å²) in [6.07, 6.45) is -0.821. The van der Waals surface area contributed by atoms with E-state index in [2.05, 4.69) is 10.3 Å². The van der Waals surface area contributed by atoms with Crippen molar-refractivity contribution in [1.29, 1.82) is 0 Å². The highest BCUT2D eigenvalue weighted by molar-refractivity contribution is 5.75. The number of hydrogen-bond acceptors (Lipinski definition) is 4. The summed E-state index contributed by atoms with van der Waals surface area (Å²) in [6.45, 7) is 1.02. The van der Waals surface area contributed by atoms with E-state index in [1.165, 1.54) is 0 Å². The van der Waals surface area contributed by atoms with Crippen molar-refractivity contribution in [3.63, 3.8) is 0 Å². The third-order valence-electron chi connectivity index (χ3n) is 4.47. The van der Waals surface area contributed by atoms with Gasteiger partial charge in [-0.05, 0) is 30.0 Å². The maximum absolute atomic E-state index is 12.4. The highest BCUT2D eigenvalue weighted by Crippen LogP contribution is 2.22. The van der Waals surface area contributed by atoms with Gasteiger partial charge in [-0.25, -0.2) is 9.59 Å². The lowest BCUT2D eigenvalue weighted by Crippen LogP contribution is -2.46. The number of hydrogen-bond donors (Lipinski definition) is 3. The zero-order valence-corrected chi connectivity index (χ0v) is 15.9. The van der Waals surface area contributed by atoms with Gasteiger partial charge in [0.15, 0.2) is 0 Å². The lowest BCUT2D eigenvalue weighted by molar-refractivity contribution is -0.192. The molecule has 0 unspecified atom stereocenters. The van der Waals surface area contributed by atoms with Crippen molar-refractivity contribution in [2.24, 2.45) is 0 Å². The summed E-state index contributed by atoms with van der Waals surface area (Å²) in [5, 5.41) is 20.3. The minimum absolute atomic E-state index is 0.133. The number of rotatable bonds is 4. The second-order valence-electron chi connectivity index (χ2n) is 6.63. The number of halogens is 3. The summed E-state index contributed by atoms with van der Waals surface area (Å²) in [4.78, 5) is 27.1. The number of nitrogens with one attached hydrogen (secondary N) is 1. The number of urea groups is 1. The molecule has 162 valence electrons. The molecule has 3 rings (SSSR count). The molecule has 10 heteroatoms. The lowest BCUT2D eigenvalue weighted by atomic mass is 10.0. The Kier molecular flexibility index (Phi) is 8.16. The summed E-state index contributed by atoms with van der Waals surface area (Å²) in [7, 11) is 0. The van der Waals surface area contributed by atoms with Crippen molar-refractivity contribution in [1.82, 2.24) is 15.2 Å². The minimum Gasteiger partial charge on any atom is -0.475 e. The molecule has 3 N–H and O–H groups in total. The molecule has 0 saturated carbocycles. The van der Waals surface area contributed by atoms with E-state index in [4.69, 9.17) is 9.90 Å². The monoisotopic (exact) mass is 425 g/mol. The largest absolute Gasteiger partial charge is 0.490 e. The molecule has 2 amide bonds. The number of carboxylic acid groups (broad SMARTS) is 1. The minimum atomic E-state index is -5.08. The Bertz CT molecular complexity index is 819. The van der Waals surface area contributed by atoms with Gasteiger partial charge in [0, 0.05) is 25.5 Å². The van der Waals surface area contributed by atoms with Crippen LogP contribution in [0.2, 0.25) is 0 Å². The maximum Gasteiger partial charge on any atom is 0.490 e. The van der Waals surface area contributed by atoms with Crippen LogP contribution in [-0.4, -0.2) is 57.0 Å². The summed E-state index contributed by atoms with van der Waals surface area (Å²) in [6, 6.07) is 13.4. The summed E-state index contributed by atoms with van der Waals surface area (Å²) in [5.74, 6) is -2.76.